The minimum Gasteiger partial charge on any atom is -0.466 e. The number of piperidine rings is 3. The molecule has 0 bridgehead atoms. The van der Waals surface area contributed by atoms with Gasteiger partial charge in [-0.05, 0) is 111 Å². The van der Waals surface area contributed by atoms with Crippen molar-refractivity contribution in [2.45, 2.75) is 264 Å². The zero-order valence-corrected chi connectivity index (χ0v) is 42.6. The third-order valence-corrected chi connectivity index (χ3v) is 15.6. The largest absolute Gasteiger partial charge is 0.466 e. The van der Waals surface area contributed by atoms with Crippen LogP contribution in [-0.4, -0.2) is 118 Å². The van der Waals surface area contributed by atoms with Gasteiger partial charge in [0.15, 0.2) is 0 Å². The molecule has 11 nitrogen and oxygen atoms in total. The standard InChI is InChI=1S/C51H93N3O8/c1-17-18-19-20-21-22-23-24-25-26-27-28-59-42(55)29-40(44(57)61-38-33-48(6,7)53(15)49(8,9)34-38)41(45(58)62-39-35-50(10,11)54(16)51(12,13)36-39)30-43(56)60-37-31-46(2,3)52(14)47(4,5)32-37/h37-41H,17-36H2,1-16H3. The lowest BCUT2D eigenvalue weighted by atomic mass is 9.78. The van der Waals surface area contributed by atoms with Gasteiger partial charge in [0, 0.05) is 71.8 Å². The molecule has 3 aliphatic rings. The number of unbranched alkanes of at least 4 members (excludes halogenated alkanes) is 10. The molecule has 0 aromatic rings. The van der Waals surface area contributed by atoms with Gasteiger partial charge in [-0.2, -0.15) is 0 Å². The molecule has 2 unspecified atom stereocenters. The SMILES string of the molecule is CCCCCCCCCCCCCOC(=O)CC(C(=O)OC1CC(C)(C)N(C)C(C)(C)C1)C(CC(=O)OC1CC(C)(C)N(C)C(C)(C)C1)C(=O)OC1CC(C)(C)N(C)C(C)(C)C1. The summed E-state index contributed by atoms with van der Waals surface area (Å²) in [4.78, 5) is 64.2. The fraction of sp³-hybridized carbons (Fsp3) is 0.922. The first-order valence-electron chi connectivity index (χ1n) is 24.5. The van der Waals surface area contributed by atoms with Crippen molar-refractivity contribution in [3.63, 3.8) is 0 Å². The summed E-state index contributed by atoms with van der Waals surface area (Å²) < 4.78 is 24.7. The summed E-state index contributed by atoms with van der Waals surface area (Å²) in [6, 6.07) is 0. The fourth-order valence-electron chi connectivity index (χ4n) is 11.0. The van der Waals surface area contributed by atoms with Crippen molar-refractivity contribution in [3.05, 3.63) is 0 Å². The van der Waals surface area contributed by atoms with Crippen LogP contribution in [0.15, 0.2) is 0 Å². The van der Waals surface area contributed by atoms with Gasteiger partial charge >= 0.3 is 23.9 Å². The molecule has 3 heterocycles. The smallest absolute Gasteiger partial charge is 0.310 e. The maximum atomic E-state index is 14.7. The van der Waals surface area contributed by atoms with E-state index in [1.807, 2.05) is 0 Å². The van der Waals surface area contributed by atoms with Crippen LogP contribution in [0.1, 0.15) is 212 Å². The molecule has 0 N–H and O–H groups in total. The highest BCUT2D eigenvalue weighted by atomic mass is 16.6. The average Bonchev–Trinajstić information content (AvgIpc) is 3.12. The Morgan fingerprint density at radius 3 is 1.03 bits per heavy atom. The lowest BCUT2D eigenvalue weighted by molar-refractivity contribution is -0.181. The monoisotopic (exact) mass is 876 g/mol. The molecule has 3 rings (SSSR count). The zero-order valence-electron chi connectivity index (χ0n) is 42.6. The minimum atomic E-state index is -1.31. The highest BCUT2D eigenvalue weighted by Gasteiger charge is 2.50. The predicted octanol–water partition coefficient (Wildman–Crippen LogP) is 10.4. The molecule has 0 radical (unpaired) electrons. The summed E-state index contributed by atoms with van der Waals surface area (Å²) in [5.74, 6) is -5.16. The van der Waals surface area contributed by atoms with Crippen molar-refractivity contribution >= 4 is 23.9 Å². The number of likely N-dealkylation sites (tertiary alicyclic amines) is 3. The van der Waals surface area contributed by atoms with Crippen molar-refractivity contribution in [2.75, 3.05) is 27.7 Å². The summed E-state index contributed by atoms with van der Waals surface area (Å²) in [5, 5.41) is 0. The van der Waals surface area contributed by atoms with Crippen molar-refractivity contribution in [1.82, 2.24) is 14.7 Å². The second-order valence-corrected chi connectivity index (χ2v) is 23.4. The van der Waals surface area contributed by atoms with E-state index in [1.165, 1.54) is 44.9 Å². The number of hydrogen-bond acceptors (Lipinski definition) is 11. The first-order valence-corrected chi connectivity index (χ1v) is 24.5. The maximum Gasteiger partial charge on any atom is 0.310 e. The second kappa shape index (κ2) is 22.3. The normalized spacial score (nSPS) is 23.9. The van der Waals surface area contributed by atoms with Gasteiger partial charge in [0.25, 0.3) is 0 Å². The van der Waals surface area contributed by atoms with Crippen molar-refractivity contribution in [3.8, 4) is 0 Å². The van der Waals surface area contributed by atoms with Crippen LogP contribution in [0.4, 0.5) is 0 Å². The van der Waals surface area contributed by atoms with Crippen molar-refractivity contribution in [1.29, 1.82) is 0 Å². The first-order chi connectivity index (χ1) is 28.5. The Morgan fingerprint density at radius 1 is 0.435 bits per heavy atom. The molecular weight excluding hydrogens is 783 g/mol. The molecule has 0 aromatic carbocycles. The van der Waals surface area contributed by atoms with Gasteiger partial charge in [-0.25, -0.2) is 0 Å². The average molecular weight is 876 g/mol. The topological polar surface area (TPSA) is 115 Å². The first kappa shape index (κ1) is 54.1. The number of nitrogens with zero attached hydrogens (tertiary/aromatic N) is 3. The van der Waals surface area contributed by atoms with Crippen LogP contribution in [0.5, 0.6) is 0 Å². The molecular formula is C51H93N3O8. The summed E-state index contributed by atoms with van der Waals surface area (Å²) in [5.41, 5.74) is -1.59. The van der Waals surface area contributed by atoms with Crippen LogP contribution in [0, 0.1) is 11.8 Å². The zero-order chi connectivity index (χ0) is 46.9. The van der Waals surface area contributed by atoms with Gasteiger partial charge < -0.3 is 18.9 Å². The second-order valence-electron chi connectivity index (χ2n) is 23.4. The Bertz CT molecular complexity index is 1420. The van der Waals surface area contributed by atoms with Crippen LogP contribution >= 0.6 is 0 Å². The van der Waals surface area contributed by atoms with Crippen molar-refractivity contribution in [2.24, 2.45) is 11.8 Å². The molecule has 0 aliphatic carbocycles. The Hall–Kier alpha value is -2.24. The van der Waals surface area contributed by atoms with Gasteiger partial charge in [0.1, 0.15) is 18.3 Å². The maximum absolute atomic E-state index is 14.7. The van der Waals surface area contributed by atoms with Gasteiger partial charge in [-0.15, -0.1) is 0 Å². The highest BCUT2D eigenvalue weighted by Crippen LogP contribution is 2.42. The minimum absolute atomic E-state index is 0.230. The van der Waals surface area contributed by atoms with Crippen molar-refractivity contribution < 1.29 is 38.1 Å². The van der Waals surface area contributed by atoms with E-state index >= 15 is 0 Å². The lowest BCUT2D eigenvalue weighted by Crippen LogP contribution is -2.61. The van der Waals surface area contributed by atoms with E-state index < -0.39 is 60.8 Å². The number of esters is 4. The Kier molecular flexibility index (Phi) is 19.5. The third kappa shape index (κ3) is 15.4. The summed E-state index contributed by atoms with van der Waals surface area (Å²) >= 11 is 0. The van der Waals surface area contributed by atoms with Gasteiger partial charge in [0.05, 0.1) is 31.3 Å². The molecule has 11 heteroatoms. The predicted molar refractivity (Wildman–Crippen MR) is 249 cm³/mol. The summed E-state index contributed by atoms with van der Waals surface area (Å²) in [6.07, 6.45) is 14.3. The molecule has 2 atom stereocenters. The van der Waals surface area contributed by atoms with E-state index in [0.717, 1.165) is 25.7 Å². The van der Waals surface area contributed by atoms with E-state index in [2.05, 4.69) is 126 Å². The lowest BCUT2D eigenvalue weighted by Gasteiger charge is -2.53. The van der Waals surface area contributed by atoms with Gasteiger partial charge in [-0.3, -0.25) is 33.9 Å². The third-order valence-electron chi connectivity index (χ3n) is 15.6. The van der Waals surface area contributed by atoms with Crippen LogP contribution in [0.2, 0.25) is 0 Å². The number of hydrogen-bond donors (Lipinski definition) is 0. The number of carbonyl (C=O) groups excluding carboxylic acids is 4. The number of ether oxygens (including phenoxy) is 4. The molecule has 0 saturated carbocycles. The highest BCUT2D eigenvalue weighted by molar-refractivity contribution is 5.88. The van der Waals surface area contributed by atoms with Crippen LogP contribution in [0.3, 0.4) is 0 Å². The van der Waals surface area contributed by atoms with E-state index in [-0.39, 0.29) is 45.9 Å². The molecule has 0 amide bonds. The van der Waals surface area contributed by atoms with Crippen LogP contribution in [-0.2, 0) is 38.1 Å². The fourth-order valence-corrected chi connectivity index (χ4v) is 11.0. The van der Waals surface area contributed by atoms with E-state index in [0.29, 0.717) is 38.5 Å². The number of rotatable bonds is 22. The summed E-state index contributed by atoms with van der Waals surface area (Å²) in [7, 11) is 6.26. The van der Waals surface area contributed by atoms with E-state index in [9.17, 15) is 19.2 Å². The molecule has 0 aromatic heterocycles. The molecule has 3 aliphatic heterocycles. The summed E-state index contributed by atoms with van der Waals surface area (Å²) in [6.45, 7) is 28.1. The Balaban J connectivity index is 1.87. The van der Waals surface area contributed by atoms with Crippen LogP contribution in [0.25, 0.3) is 0 Å². The van der Waals surface area contributed by atoms with E-state index in [4.69, 9.17) is 18.9 Å². The Morgan fingerprint density at radius 2 is 0.710 bits per heavy atom. The molecule has 62 heavy (non-hydrogen) atoms. The van der Waals surface area contributed by atoms with E-state index in [1.54, 1.807) is 0 Å². The molecule has 360 valence electrons. The van der Waals surface area contributed by atoms with Gasteiger partial charge in [-0.1, -0.05) is 71.1 Å². The van der Waals surface area contributed by atoms with Crippen LogP contribution < -0.4 is 0 Å². The molecule has 0 spiro atoms. The number of carbonyl (C=O) groups is 4. The quantitative estimate of drug-likeness (QED) is 0.0588. The van der Waals surface area contributed by atoms with Gasteiger partial charge in [0.2, 0.25) is 0 Å². The molecule has 3 saturated heterocycles. The Labute approximate surface area is 378 Å². The molecule has 3 fully saturated rings.